The number of hydrogen-bond donors (Lipinski definition) is 1. The van der Waals surface area contributed by atoms with Crippen molar-refractivity contribution in [1.82, 2.24) is 20.1 Å². The molecular formula is C26H29F2N5O2. The van der Waals surface area contributed by atoms with E-state index in [-0.39, 0.29) is 61.5 Å². The van der Waals surface area contributed by atoms with Crippen LogP contribution in [-0.2, 0) is 9.59 Å². The van der Waals surface area contributed by atoms with Gasteiger partial charge in [-0.1, -0.05) is 38.1 Å². The lowest BCUT2D eigenvalue weighted by atomic mass is 9.98. The Labute approximate surface area is 203 Å². The Morgan fingerprint density at radius 1 is 1.23 bits per heavy atom. The molecule has 1 N–H and O–H groups in total. The smallest absolute Gasteiger partial charge is 0.250 e. The van der Waals surface area contributed by atoms with Crippen molar-refractivity contribution in [2.45, 2.75) is 44.7 Å². The number of nitrogens with one attached hydrogen (secondary N) is 1. The second kappa shape index (κ2) is 8.52. The van der Waals surface area contributed by atoms with Gasteiger partial charge in [0.2, 0.25) is 11.8 Å². The van der Waals surface area contributed by atoms with E-state index in [1.54, 1.807) is 22.2 Å². The molecule has 0 spiro atoms. The van der Waals surface area contributed by atoms with E-state index in [2.05, 4.69) is 30.2 Å². The number of alkyl halides is 2. The first kappa shape index (κ1) is 23.6. The number of pyridine rings is 1. The number of amides is 2. The van der Waals surface area contributed by atoms with Gasteiger partial charge in [0.1, 0.15) is 12.1 Å². The molecule has 1 saturated carbocycles. The number of nitrogens with zero attached hydrogens (tertiary/aromatic N) is 4. The zero-order valence-corrected chi connectivity index (χ0v) is 19.9. The van der Waals surface area contributed by atoms with Gasteiger partial charge in [0.15, 0.2) is 0 Å². The lowest BCUT2D eigenvalue weighted by Gasteiger charge is -2.35. The van der Waals surface area contributed by atoms with E-state index in [9.17, 15) is 23.6 Å². The highest BCUT2D eigenvalue weighted by molar-refractivity contribution is 5.91. The van der Waals surface area contributed by atoms with Crippen LogP contribution in [0.25, 0.3) is 10.8 Å². The highest BCUT2D eigenvalue weighted by Crippen LogP contribution is 2.64. The van der Waals surface area contributed by atoms with E-state index in [4.69, 9.17) is 0 Å². The number of carbonyl (C=O) groups excluding carboxylic acids is 2. The van der Waals surface area contributed by atoms with Crippen LogP contribution in [0.15, 0.2) is 36.7 Å². The summed E-state index contributed by atoms with van der Waals surface area (Å²) in [4.78, 5) is 34.3. The summed E-state index contributed by atoms with van der Waals surface area (Å²) in [6.07, 6.45) is 2.78. The van der Waals surface area contributed by atoms with Gasteiger partial charge in [-0.25, -0.2) is 8.78 Å². The van der Waals surface area contributed by atoms with Gasteiger partial charge in [0, 0.05) is 55.8 Å². The van der Waals surface area contributed by atoms with Crippen molar-refractivity contribution in [1.29, 1.82) is 5.26 Å². The zero-order chi connectivity index (χ0) is 25.0. The number of hydrogen-bond acceptors (Lipinski definition) is 5. The molecule has 4 atom stereocenters. The third kappa shape index (κ3) is 4.25. The number of carbonyl (C=O) groups is 2. The molecule has 7 nitrogen and oxygen atoms in total. The van der Waals surface area contributed by atoms with Crippen LogP contribution in [0.3, 0.4) is 0 Å². The number of aromatic nitrogens is 1. The molecule has 3 fully saturated rings. The van der Waals surface area contributed by atoms with Crippen molar-refractivity contribution < 1.29 is 18.4 Å². The molecule has 2 aromatic rings. The van der Waals surface area contributed by atoms with Gasteiger partial charge < -0.3 is 10.2 Å². The molecule has 1 aromatic carbocycles. The maximum atomic E-state index is 13.6. The summed E-state index contributed by atoms with van der Waals surface area (Å²) < 4.78 is 27.0. The van der Waals surface area contributed by atoms with E-state index >= 15 is 0 Å². The van der Waals surface area contributed by atoms with E-state index in [0.29, 0.717) is 12.1 Å². The monoisotopic (exact) mass is 481 g/mol. The van der Waals surface area contributed by atoms with E-state index < -0.39 is 18.0 Å². The van der Waals surface area contributed by atoms with Gasteiger partial charge >= 0.3 is 0 Å². The van der Waals surface area contributed by atoms with Crippen molar-refractivity contribution in [3.63, 3.8) is 0 Å². The number of rotatable bonds is 5. The van der Waals surface area contributed by atoms with Crippen LogP contribution in [0.2, 0.25) is 0 Å². The number of fused-ring (bicyclic) bond motifs is 2. The van der Waals surface area contributed by atoms with Crippen LogP contribution >= 0.6 is 0 Å². The van der Waals surface area contributed by atoms with Crippen LogP contribution in [0, 0.1) is 28.6 Å². The Hall–Kier alpha value is -3.12. The lowest BCUT2D eigenvalue weighted by Crippen LogP contribution is -2.53. The molecular weight excluding hydrogens is 452 g/mol. The predicted octanol–water partition coefficient (Wildman–Crippen LogP) is 3.13. The molecule has 2 saturated heterocycles. The highest BCUT2D eigenvalue weighted by atomic mass is 19.3. The molecule has 1 aromatic heterocycles. The molecule has 1 aliphatic carbocycles. The van der Waals surface area contributed by atoms with Crippen molar-refractivity contribution in [3.8, 4) is 6.07 Å². The maximum Gasteiger partial charge on any atom is 0.250 e. The predicted molar refractivity (Wildman–Crippen MR) is 125 cm³/mol. The topological polar surface area (TPSA) is 89.3 Å². The lowest BCUT2D eigenvalue weighted by molar-refractivity contribution is -0.142. The number of halogens is 2. The van der Waals surface area contributed by atoms with Gasteiger partial charge in [-0.15, -0.1) is 0 Å². The summed E-state index contributed by atoms with van der Waals surface area (Å²) in [6.45, 7) is 4.99. The minimum Gasteiger partial charge on any atom is -0.335 e. The quantitative estimate of drug-likeness (QED) is 0.709. The average Bonchev–Trinajstić information content (AvgIpc) is 3.17. The second-order valence-electron chi connectivity index (χ2n) is 10.6. The molecule has 0 bridgehead atoms. The Kier molecular flexibility index (Phi) is 5.75. The molecule has 2 amide bonds. The number of nitriles is 1. The van der Waals surface area contributed by atoms with Crippen molar-refractivity contribution in [3.05, 3.63) is 42.2 Å². The molecule has 2 aliphatic heterocycles. The van der Waals surface area contributed by atoms with Crippen molar-refractivity contribution in [2.24, 2.45) is 17.3 Å². The van der Waals surface area contributed by atoms with Gasteiger partial charge in [-0.05, 0) is 22.6 Å². The molecule has 0 radical (unpaired) electrons. The number of likely N-dealkylation sites (tertiary alicyclic amines) is 2. The SMILES string of the molecule is CC1(C)[C@@H]2[C@@H](C(=O)NC(C#N)c3cncc4ccccc34)N(C(=O)CN3CCC(F)(F)CC3)C[C@@H]21. The third-order valence-electron chi connectivity index (χ3n) is 8.17. The molecule has 9 heteroatoms. The zero-order valence-electron chi connectivity index (χ0n) is 19.9. The minimum absolute atomic E-state index is 0.00197. The molecule has 1 unspecified atom stereocenters. The maximum absolute atomic E-state index is 13.6. The third-order valence-corrected chi connectivity index (χ3v) is 8.17. The summed E-state index contributed by atoms with van der Waals surface area (Å²) in [6, 6.07) is 8.11. The molecule has 35 heavy (non-hydrogen) atoms. The highest BCUT2D eigenvalue weighted by Gasteiger charge is 2.69. The standard InChI is InChI=1S/C26H29F2N5O2/c1-25(2)19-14-33(21(34)15-32-9-7-26(27,28)8-10-32)23(22(19)25)24(35)31-20(11-29)18-13-30-12-16-5-3-4-6-17(16)18/h3-6,12-13,19-20,22-23H,7-10,14-15H2,1-2H3,(H,31,35)/t19-,20?,22-,23-/m0/s1. The van der Waals surface area contributed by atoms with Gasteiger partial charge in [-0.3, -0.25) is 19.5 Å². The molecule has 184 valence electrons. The first-order valence-corrected chi connectivity index (χ1v) is 12.0. The number of piperidine rings is 2. The molecule has 3 heterocycles. The summed E-state index contributed by atoms with van der Waals surface area (Å²) >= 11 is 0. The Morgan fingerprint density at radius 2 is 1.94 bits per heavy atom. The van der Waals surface area contributed by atoms with Crippen molar-refractivity contribution >= 4 is 22.6 Å². The first-order valence-electron chi connectivity index (χ1n) is 12.0. The van der Waals surface area contributed by atoms with Crippen LogP contribution in [-0.4, -0.2) is 64.7 Å². The summed E-state index contributed by atoms with van der Waals surface area (Å²) in [5.74, 6) is -3.06. The Bertz CT molecular complexity index is 1190. The average molecular weight is 482 g/mol. The Morgan fingerprint density at radius 3 is 2.66 bits per heavy atom. The van der Waals surface area contributed by atoms with Crippen molar-refractivity contribution in [2.75, 3.05) is 26.2 Å². The van der Waals surface area contributed by atoms with E-state index in [1.165, 1.54) is 0 Å². The van der Waals surface area contributed by atoms with Crippen LogP contribution in [0.1, 0.15) is 38.3 Å². The number of benzene rings is 1. The van der Waals surface area contributed by atoms with Gasteiger partial charge in [0.05, 0.1) is 12.6 Å². The summed E-state index contributed by atoms with van der Waals surface area (Å²) in [5.41, 5.74) is 0.533. The fourth-order valence-electron chi connectivity index (χ4n) is 5.94. The largest absolute Gasteiger partial charge is 0.335 e. The van der Waals surface area contributed by atoms with Gasteiger partial charge in [0.25, 0.3) is 5.92 Å². The summed E-state index contributed by atoms with van der Waals surface area (Å²) in [5, 5.41) is 14.5. The summed E-state index contributed by atoms with van der Waals surface area (Å²) in [7, 11) is 0. The van der Waals surface area contributed by atoms with Gasteiger partial charge in [-0.2, -0.15) is 5.26 Å². The Balaban J connectivity index is 1.33. The van der Waals surface area contributed by atoms with Crippen LogP contribution in [0.5, 0.6) is 0 Å². The fraction of sp³-hybridized carbons (Fsp3) is 0.538. The fourth-order valence-corrected chi connectivity index (χ4v) is 5.94. The first-order chi connectivity index (χ1) is 16.6. The van der Waals surface area contributed by atoms with E-state index in [0.717, 1.165) is 10.8 Å². The van der Waals surface area contributed by atoms with Crippen LogP contribution < -0.4 is 5.32 Å². The minimum atomic E-state index is -2.68. The van der Waals surface area contributed by atoms with Crippen LogP contribution in [0.4, 0.5) is 8.78 Å². The molecule has 5 rings (SSSR count). The molecule has 3 aliphatic rings. The van der Waals surface area contributed by atoms with E-state index in [1.807, 2.05) is 24.3 Å². The normalized spacial score (nSPS) is 27.6. The second-order valence-corrected chi connectivity index (χ2v) is 10.6.